The van der Waals surface area contributed by atoms with E-state index in [2.05, 4.69) is 32.0 Å². The lowest BCUT2D eigenvalue weighted by atomic mass is 10.2. The number of H-pyrrole nitrogens is 1. The van der Waals surface area contributed by atoms with Crippen LogP contribution in [0.4, 0.5) is 0 Å². The van der Waals surface area contributed by atoms with Gasteiger partial charge in [-0.2, -0.15) is 0 Å². The van der Waals surface area contributed by atoms with Crippen molar-refractivity contribution in [3.05, 3.63) is 35.7 Å². The molecule has 2 heterocycles. The fraction of sp³-hybridized carbons (Fsp3) is 0.562. The van der Waals surface area contributed by atoms with Crippen molar-refractivity contribution >= 4 is 5.91 Å². The summed E-state index contributed by atoms with van der Waals surface area (Å²) in [6, 6.07) is 4.08. The van der Waals surface area contributed by atoms with Crippen molar-refractivity contribution in [2.24, 2.45) is 0 Å². The maximum Gasteiger partial charge on any atom is 0.268 e. The third-order valence-corrected chi connectivity index (χ3v) is 4.43. The van der Waals surface area contributed by atoms with Crippen LogP contribution in [0.2, 0.25) is 0 Å². The van der Waals surface area contributed by atoms with E-state index in [1.807, 2.05) is 19.1 Å². The highest BCUT2D eigenvalue weighted by Gasteiger charge is 2.23. The molecule has 0 radical (unpaired) electrons. The SMILES string of the molecule is CCc1ccc(C(=O)NC(C)c2nncn2C2CCCC2)[nH]1. The number of hydrogen-bond acceptors (Lipinski definition) is 3. The van der Waals surface area contributed by atoms with Crippen molar-refractivity contribution in [3.8, 4) is 0 Å². The van der Waals surface area contributed by atoms with Gasteiger partial charge in [-0.15, -0.1) is 10.2 Å². The first-order valence-electron chi connectivity index (χ1n) is 8.07. The highest BCUT2D eigenvalue weighted by atomic mass is 16.1. The molecule has 1 aliphatic rings. The van der Waals surface area contributed by atoms with Crippen LogP contribution in [0.25, 0.3) is 0 Å². The summed E-state index contributed by atoms with van der Waals surface area (Å²) in [6.45, 7) is 4.01. The minimum atomic E-state index is -0.163. The molecule has 1 unspecified atom stereocenters. The van der Waals surface area contributed by atoms with Gasteiger partial charge in [0.15, 0.2) is 5.82 Å². The number of carbonyl (C=O) groups excluding carboxylic acids is 1. The number of aryl methyl sites for hydroxylation is 1. The third kappa shape index (κ3) is 2.91. The zero-order valence-corrected chi connectivity index (χ0v) is 13.2. The van der Waals surface area contributed by atoms with Gasteiger partial charge in [-0.1, -0.05) is 19.8 Å². The van der Waals surface area contributed by atoms with Gasteiger partial charge in [-0.3, -0.25) is 4.79 Å². The van der Waals surface area contributed by atoms with E-state index in [9.17, 15) is 4.79 Å². The van der Waals surface area contributed by atoms with Crippen LogP contribution in [0, 0.1) is 0 Å². The predicted octanol–water partition coefficient (Wildman–Crippen LogP) is 2.77. The van der Waals surface area contributed by atoms with E-state index in [0.717, 1.165) is 17.9 Å². The maximum absolute atomic E-state index is 12.3. The molecule has 2 N–H and O–H groups in total. The number of carbonyl (C=O) groups is 1. The van der Waals surface area contributed by atoms with Gasteiger partial charge < -0.3 is 14.9 Å². The Morgan fingerprint density at radius 1 is 1.45 bits per heavy atom. The standard InChI is InChI=1S/C16H23N5O/c1-3-12-8-9-14(19-12)16(22)18-11(2)15-20-17-10-21(15)13-6-4-5-7-13/h8-11,13,19H,3-7H2,1-2H3,(H,18,22). The summed E-state index contributed by atoms with van der Waals surface area (Å²) in [5.41, 5.74) is 1.66. The quantitative estimate of drug-likeness (QED) is 0.891. The first-order chi connectivity index (χ1) is 10.7. The number of aromatic amines is 1. The molecule has 0 aromatic carbocycles. The average Bonchev–Trinajstić information content (AvgIpc) is 3.25. The van der Waals surface area contributed by atoms with E-state index < -0.39 is 0 Å². The largest absolute Gasteiger partial charge is 0.354 e. The summed E-state index contributed by atoms with van der Waals surface area (Å²) >= 11 is 0. The van der Waals surface area contributed by atoms with Crippen LogP contribution in [-0.2, 0) is 6.42 Å². The van der Waals surface area contributed by atoms with Crippen LogP contribution in [0.15, 0.2) is 18.5 Å². The maximum atomic E-state index is 12.3. The van der Waals surface area contributed by atoms with E-state index in [1.165, 1.54) is 25.7 Å². The number of aromatic nitrogens is 4. The Labute approximate surface area is 130 Å². The molecule has 3 rings (SSSR count). The predicted molar refractivity (Wildman–Crippen MR) is 83.6 cm³/mol. The molecule has 1 saturated carbocycles. The summed E-state index contributed by atoms with van der Waals surface area (Å²) in [5.74, 6) is 0.732. The Kier molecular flexibility index (Phi) is 4.27. The Balaban J connectivity index is 1.70. The summed E-state index contributed by atoms with van der Waals surface area (Å²) in [6.07, 6.45) is 7.53. The van der Waals surface area contributed by atoms with E-state index >= 15 is 0 Å². The monoisotopic (exact) mass is 301 g/mol. The molecule has 0 bridgehead atoms. The van der Waals surface area contributed by atoms with Crippen LogP contribution in [0.1, 0.15) is 73.6 Å². The van der Waals surface area contributed by atoms with Gasteiger partial charge >= 0.3 is 0 Å². The molecule has 0 saturated heterocycles. The third-order valence-electron chi connectivity index (χ3n) is 4.43. The van der Waals surface area contributed by atoms with Crippen molar-refractivity contribution in [1.29, 1.82) is 0 Å². The van der Waals surface area contributed by atoms with E-state index in [1.54, 1.807) is 6.33 Å². The fourth-order valence-electron chi connectivity index (χ4n) is 3.14. The minimum absolute atomic E-state index is 0.104. The van der Waals surface area contributed by atoms with Crippen molar-refractivity contribution in [1.82, 2.24) is 25.1 Å². The van der Waals surface area contributed by atoms with Gasteiger partial charge in [0.2, 0.25) is 0 Å². The van der Waals surface area contributed by atoms with Crippen LogP contribution in [0.3, 0.4) is 0 Å². The Morgan fingerprint density at radius 3 is 2.91 bits per heavy atom. The van der Waals surface area contributed by atoms with Gasteiger partial charge in [-0.25, -0.2) is 0 Å². The van der Waals surface area contributed by atoms with Gasteiger partial charge in [0.05, 0.1) is 6.04 Å². The first-order valence-corrected chi connectivity index (χ1v) is 8.07. The second-order valence-corrected chi connectivity index (χ2v) is 5.98. The molecule has 1 fully saturated rings. The number of nitrogens with one attached hydrogen (secondary N) is 2. The van der Waals surface area contributed by atoms with Crippen LogP contribution >= 0.6 is 0 Å². The molecule has 118 valence electrons. The number of amides is 1. The smallest absolute Gasteiger partial charge is 0.268 e. The van der Waals surface area contributed by atoms with Gasteiger partial charge in [-0.05, 0) is 38.3 Å². The van der Waals surface area contributed by atoms with E-state index in [4.69, 9.17) is 0 Å². The highest BCUT2D eigenvalue weighted by Crippen LogP contribution is 2.31. The number of rotatable bonds is 5. The molecule has 0 spiro atoms. The second-order valence-electron chi connectivity index (χ2n) is 5.98. The lowest BCUT2D eigenvalue weighted by molar-refractivity contribution is 0.0932. The molecule has 2 aromatic heterocycles. The van der Waals surface area contributed by atoms with Crippen molar-refractivity contribution in [2.45, 2.75) is 58.0 Å². The normalized spacial score (nSPS) is 16.8. The zero-order chi connectivity index (χ0) is 15.5. The summed E-state index contributed by atoms with van der Waals surface area (Å²) < 4.78 is 2.13. The Bertz CT molecular complexity index is 639. The second kappa shape index (κ2) is 6.34. The van der Waals surface area contributed by atoms with Crippen molar-refractivity contribution in [2.75, 3.05) is 0 Å². The highest BCUT2D eigenvalue weighted by molar-refractivity contribution is 5.92. The Morgan fingerprint density at radius 2 is 2.23 bits per heavy atom. The summed E-state index contributed by atoms with van der Waals surface area (Å²) in [7, 11) is 0. The van der Waals surface area contributed by atoms with Crippen LogP contribution < -0.4 is 5.32 Å². The van der Waals surface area contributed by atoms with Crippen molar-refractivity contribution in [3.63, 3.8) is 0 Å². The Hall–Kier alpha value is -2.11. The molecule has 1 atom stereocenters. The molecule has 2 aromatic rings. The lowest BCUT2D eigenvalue weighted by Crippen LogP contribution is -2.29. The lowest BCUT2D eigenvalue weighted by Gasteiger charge is -2.18. The number of nitrogens with zero attached hydrogens (tertiary/aromatic N) is 3. The molecule has 1 amide bonds. The van der Waals surface area contributed by atoms with Crippen LogP contribution in [0.5, 0.6) is 0 Å². The summed E-state index contributed by atoms with van der Waals surface area (Å²) in [4.78, 5) is 15.4. The molecule has 6 nitrogen and oxygen atoms in total. The molecular weight excluding hydrogens is 278 g/mol. The molecular formula is C16H23N5O. The van der Waals surface area contributed by atoms with Gasteiger partial charge in [0, 0.05) is 11.7 Å². The molecule has 22 heavy (non-hydrogen) atoms. The first kappa shape index (κ1) is 14.8. The average molecular weight is 301 g/mol. The van der Waals surface area contributed by atoms with Gasteiger partial charge in [0.25, 0.3) is 5.91 Å². The van der Waals surface area contributed by atoms with E-state index in [-0.39, 0.29) is 11.9 Å². The summed E-state index contributed by atoms with van der Waals surface area (Å²) in [5, 5.41) is 11.3. The van der Waals surface area contributed by atoms with Crippen LogP contribution in [-0.4, -0.2) is 25.7 Å². The van der Waals surface area contributed by atoms with Crippen molar-refractivity contribution < 1.29 is 4.79 Å². The topological polar surface area (TPSA) is 75.6 Å². The zero-order valence-electron chi connectivity index (χ0n) is 13.2. The molecule has 6 heteroatoms. The molecule has 1 aliphatic carbocycles. The van der Waals surface area contributed by atoms with Gasteiger partial charge in [0.1, 0.15) is 12.0 Å². The number of hydrogen-bond donors (Lipinski definition) is 2. The fourth-order valence-corrected chi connectivity index (χ4v) is 3.14. The minimum Gasteiger partial charge on any atom is -0.354 e. The van der Waals surface area contributed by atoms with E-state index in [0.29, 0.717) is 11.7 Å². The molecule has 0 aliphatic heterocycles.